The van der Waals surface area contributed by atoms with Gasteiger partial charge in [-0.2, -0.15) is 0 Å². The largest absolute Gasteiger partial charge is 0.303 e. The summed E-state index contributed by atoms with van der Waals surface area (Å²) < 4.78 is 0. The summed E-state index contributed by atoms with van der Waals surface area (Å²) >= 11 is 0. The van der Waals surface area contributed by atoms with Gasteiger partial charge in [0, 0.05) is 18.0 Å². The van der Waals surface area contributed by atoms with Crippen LogP contribution >= 0.6 is 0 Å². The highest BCUT2D eigenvalue weighted by Crippen LogP contribution is 2.39. The first-order valence-electron chi connectivity index (χ1n) is 6.86. The molecule has 16 heavy (non-hydrogen) atoms. The van der Waals surface area contributed by atoms with Gasteiger partial charge in [-0.3, -0.25) is 4.90 Å². The molecule has 0 amide bonds. The molecule has 92 valence electrons. The summed E-state index contributed by atoms with van der Waals surface area (Å²) in [5.41, 5.74) is -0.00882. The third kappa shape index (κ3) is 2.48. The van der Waals surface area contributed by atoms with Gasteiger partial charge in [-0.15, -0.1) is 0 Å². The van der Waals surface area contributed by atoms with Gasteiger partial charge >= 0.3 is 0 Å². The van der Waals surface area contributed by atoms with Gasteiger partial charge in [0.2, 0.25) is 0 Å². The lowest BCUT2D eigenvalue weighted by atomic mass is 9.71. The first-order valence-corrected chi connectivity index (χ1v) is 6.86. The number of likely N-dealkylation sites (tertiary alicyclic amines) is 1. The lowest BCUT2D eigenvalue weighted by Gasteiger charge is -2.39. The van der Waals surface area contributed by atoms with Crippen LogP contribution in [0.1, 0.15) is 52.4 Å². The van der Waals surface area contributed by atoms with Crippen molar-refractivity contribution in [3.8, 4) is 0 Å². The Morgan fingerprint density at radius 1 is 1.25 bits per heavy atom. The zero-order chi connectivity index (χ0) is 11.6. The van der Waals surface area contributed by atoms with Crippen LogP contribution in [0.3, 0.4) is 0 Å². The average molecular weight is 223 g/mol. The van der Waals surface area contributed by atoms with E-state index >= 15 is 0 Å². The molecule has 1 atom stereocenters. The van der Waals surface area contributed by atoms with Crippen LogP contribution in [0.4, 0.5) is 0 Å². The maximum atomic E-state index is 11.5. The van der Waals surface area contributed by atoms with Crippen LogP contribution in [0.25, 0.3) is 0 Å². The van der Waals surface area contributed by atoms with E-state index in [2.05, 4.69) is 18.7 Å². The first kappa shape index (κ1) is 12.1. The van der Waals surface area contributed by atoms with Crippen molar-refractivity contribution in [3.63, 3.8) is 0 Å². The standard InChI is InChI=1S/C14H25NO/c1-12-5-7-14(11-16,8-6-12)10-15-9-3-4-13(15)2/h11-13H,3-10H2,1-2H3. The van der Waals surface area contributed by atoms with E-state index in [-0.39, 0.29) is 5.41 Å². The molecule has 0 radical (unpaired) electrons. The third-order valence-corrected chi connectivity index (χ3v) is 4.73. The Hall–Kier alpha value is -0.370. The van der Waals surface area contributed by atoms with Gasteiger partial charge in [-0.05, 0) is 57.9 Å². The quantitative estimate of drug-likeness (QED) is 0.686. The fourth-order valence-electron chi connectivity index (χ4n) is 3.28. The summed E-state index contributed by atoms with van der Waals surface area (Å²) in [5, 5.41) is 0. The van der Waals surface area contributed by atoms with Gasteiger partial charge in [0.05, 0.1) is 0 Å². The van der Waals surface area contributed by atoms with Crippen molar-refractivity contribution in [3.05, 3.63) is 0 Å². The minimum atomic E-state index is -0.00882. The smallest absolute Gasteiger partial charge is 0.127 e. The number of rotatable bonds is 3. The molecule has 1 aliphatic heterocycles. The predicted molar refractivity (Wildman–Crippen MR) is 66.4 cm³/mol. The monoisotopic (exact) mass is 223 g/mol. The molecule has 2 nitrogen and oxygen atoms in total. The van der Waals surface area contributed by atoms with Crippen molar-refractivity contribution < 1.29 is 4.79 Å². The van der Waals surface area contributed by atoms with Crippen LogP contribution in [0.15, 0.2) is 0 Å². The van der Waals surface area contributed by atoms with E-state index in [4.69, 9.17) is 0 Å². The number of carbonyl (C=O) groups is 1. The molecule has 0 aromatic heterocycles. The number of carbonyl (C=O) groups excluding carboxylic acids is 1. The normalized spacial score (nSPS) is 41.1. The van der Waals surface area contributed by atoms with Gasteiger partial charge in [0.15, 0.2) is 0 Å². The second kappa shape index (κ2) is 4.87. The molecule has 1 heterocycles. The van der Waals surface area contributed by atoms with Gasteiger partial charge in [0.1, 0.15) is 6.29 Å². The molecule has 1 saturated carbocycles. The van der Waals surface area contributed by atoms with Gasteiger partial charge in [0.25, 0.3) is 0 Å². The van der Waals surface area contributed by atoms with Crippen molar-refractivity contribution in [2.24, 2.45) is 11.3 Å². The Kier molecular flexibility index (Phi) is 3.68. The SMILES string of the molecule is CC1CCC(C=O)(CN2CCCC2C)CC1. The van der Waals surface area contributed by atoms with Crippen LogP contribution in [-0.2, 0) is 4.79 Å². The van der Waals surface area contributed by atoms with E-state index in [0.29, 0.717) is 6.04 Å². The molecule has 1 aliphatic carbocycles. The van der Waals surface area contributed by atoms with Gasteiger partial charge in [-0.25, -0.2) is 0 Å². The second-order valence-electron chi connectivity index (χ2n) is 6.12. The second-order valence-corrected chi connectivity index (χ2v) is 6.12. The molecule has 1 unspecified atom stereocenters. The molecule has 2 rings (SSSR count). The Morgan fingerprint density at radius 2 is 1.94 bits per heavy atom. The maximum Gasteiger partial charge on any atom is 0.127 e. The summed E-state index contributed by atoms with van der Waals surface area (Å²) in [5.74, 6) is 0.823. The first-order chi connectivity index (χ1) is 7.65. The van der Waals surface area contributed by atoms with Gasteiger partial charge < -0.3 is 4.79 Å². The Labute approximate surface area is 99.4 Å². The third-order valence-electron chi connectivity index (χ3n) is 4.73. The highest BCUT2D eigenvalue weighted by Gasteiger charge is 2.37. The summed E-state index contributed by atoms with van der Waals surface area (Å²) in [6.45, 7) is 6.83. The van der Waals surface area contributed by atoms with E-state index in [1.165, 1.54) is 38.5 Å². The van der Waals surface area contributed by atoms with Crippen molar-refractivity contribution in [1.29, 1.82) is 0 Å². The molecule has 0 bridgehead atoms. The van der Waals surface area contributed by atoms with Crippen LogP contribution < -0.4 is 0 Å². The topological polar surface area (TPSA) is 20.3 Å². The predicted octanol–water partition coefficient (Wildman–Crippen LogP) is 2.87. The van der Waals surface area contributed by atoms with Crippen LogP contribution in [0.2, 0.25) is 0 Å². The van der Waals surface area contributed by atoms with Crippen LogP contribution in [0, 0.1) is 11.3 Å². The van der Waals surface area contributed by atoms with Crippen molar-refractivity contribution in [2.45, 2.75) is 58.4 Å². The molecule has 0 N–H and O–H groups in total. The maximum absolute atomic E-state index is 11.5. The highest BCUT2D eigenvalue weighted by molar-refractivity contribution is 5.60. The summed E-state index contributed by atoms with van der Waals surface area (Å²) in [6, 6.07) is 0.691. The Morgan fingerprint density at radius 3 is 2.44 bits per heavy atom. The summed E-state index contributed by atoms with van der Waals surface area (Å²) in [7, 11) is 0. The fraction of sp³-hybridized carbons (Fsp3) is 0.929. The number of aldehydes is 1. The molecule has 1 saturated heterocycles. The Balaban J connectivity index is 1.96. The minimum Gasteiger partial charge on any atom is -0.303 e. The van der Waals surface area contributed by atoms with Gasteiger partial charge in [-0.1, -0.05) is 6.92 Å². The summed E-state index contributed by atoms with van der Waals surface area (Å²) in [6.07, 6.45) is 8.59. The number of hydrogen-bond donors (Lipinski definition) is 0. The molecule has 2 fully saturated rings. The van der Waals surface area contributed by atoms with Crippen LogP contribution in [0.5, 0.6) is 0 Å². The molecular formula is C14H25NO. The van der Waals surface area contributed by atoms with Crippen LogP contribution in [-0.4, -0.2) is 30.3 Å². The van der Waals surface area contributed by atoms with E-state index in [9.17, 15) is 4.79 Å². The average Bonchev–Trinajstić information content (AvgIpc) is 2.68. The molecule has 0 aromatic carbocycles. The molecule has 0 spiro atoms. The number of hydrogen-bond acceptors (Lipinski definition) is 2. The molecule has 2 heteroatoms. The lowest BCUT2D eigenvalue weighted by molar-refractivity contribution is -0.119. The van der Waals surface area contributed by atoms with E-state index in [1.54, 1.807) is 0 Å². The minimum absolute atomic E-state index is 0.00882. The van der Waals surface area contributed by atoms with E-state index < -0.39 is 0 Å². The highest BCUT2D eigenvalue weighted by atomic mass is 16.1. The summed E-state index contributed by atoms with van der Waals surface area (Å²) in [4.78, 5) is 14.0. The molecular weight excluding hydrogens is 198 g/mol. The van der Waals surface area contributed by atoms with Crippen molar-refractivity contribution in [1.82, 2.24) is 4.90 Å². The lowest BCUT2D eigenvalue weighted by Crippen LogP contribution is -2.42. The zero-order valence-electron chi connectivity index (χ0n) is 10.7. The van der Waals surface area contributed by atoms with E-state index in [1.807, 2.05) is 0 Å². The van der Waals surface area contributed by atoms with Crippen molar-refractivity contribution in [2.75, 3.05) is 13.1 Å². The Bertz CT molecular complexity index is 243. The number of nitrogens with zero attached hydrogens (tertiary/aromatic N) is 1. The fourth-order valence-corrected chi connectivity index (χ4v) is 3.28. The molecule has 0 aromatic rings. The van der Waals surface area contributed by atoms with E-state index in [0.717, 1.165) is 25.3 Å². The molecule has 2 aliphatic rings. The zero-order valence-corrected chi connectivity index (χ0v) is 10.7. The van der Waals surface area contributed by atoms with Crippen molar-refractivity contribution >= 4 is 6.29 Å².